The Balaban J connectivity index is 2.09. The van der Waals surface area contributed by atoms with Crippen LogP contribution in [0.15, 0.2) is 30.3 Å². The topological polar surface area (TPSA) is 89.5 Å². The number of cyclic esters (lactones) is 1. The number of hydrogen-bond acceptors (Lipinski definition) is 8. The van der Waals surface area contributed by atoms with Crippen molar-refractivity contribution < 1.29 is 37.4 Å². The van der Waals surface area contributed by atoms with E-state index in [1.165, 1.54) is 0 Å². The molecule has 8 nitrogen and oxygen atoms in total. The Kier molecular flexibility index (Phi) is 13.5. The molecule has 1 aliphatic heterocycles. The Hall–Kier alpha value is -1.57. The molecule has 0 N–H and O–H groups in total. The van der Waals surface area contributed by atoms with Crippen LogP contribution < -0.4 is 4.52 Å². The molecule has 0 spiro atoms. The predicted octanol–water partition coefficient (Wildman–Crippen LogP) is 5.22. The first-order chi connectivity index (χ1) is 16.1. The second kappa shape index (κ2) is 16.1. The molecule has 0 amide bonds. The van der Waals surface area contributed by atoms with Crippen molar-refractivity contribution in [2.24, 2.45) is 0 Å². The number of carbonyl (C=O) groups excluding carboxylic acids is 1. The van der Waals surface area contributed by atoms with Crippen LogP contribution in [0, 0.1) is 0 Å². The van der Waals surface area contributed by atoms with Gasteiger partial charge in [-0.15, -0.1) is 4.52 Å². The van der Waals surface area contributed by atoms with Gasteiger partial charge in [-0.3, -0.25) is 0 Å². The molecule has 0 saturated carbocycles. The summed E-state index contributed by atoms with van der Waals surface area (Å²) in [5, 5.41) is 0. The minimum atomic E-state index is -2.45. The van der Waals surface area contributed by atoms with E-state index in [1.807, 2.05) is 6.07 Å². The van der Waals surface area contributed by atoms with Crippen LogP contribution in [0.5, 0.6) is 5.75 Å². The number of ether oxygens (including phenoxy) is 4. The molecule has 0 radical (unpaired) electrons. The van der Waals surface area contributed by atoms with Gasteiger partial charge in [-0.1, -0.05) is 58.2 Å². The highest BCUT2D eigenvalue weighted by Crippen LogP contribution is 2.31. The fraction of sp³-hybridized carbons (Fsp3) is 0.708. The Morgan fingerprint density at radius 3 is 2.03 bits per heavy atom. The molecule has 0 bridgehead atoms. The molecule has 9 heteroatoms. The van der Waals surface area contributed by atoms with Crippen LogP contribution in [0.1, 0.15) is 59.3 Å². The van der Waals surface area contributed by atoms with Gasteiger partial charge in [-0.05, 0) is 31.4 Å². The first kappa shape index (κ1) is 27.7. The Bertz CT molecular complexity index is 686. The second-order valence-corrected chi connectivity index (χ2v) is 8.81. The molecular weight excluding hydrogens is 447 g/mol. The molecule has 1 fully saturated rings. The van der Waals surface area contributed by atoms with Crippen molar-refractivity contribution in [2.45, 2.75) is 83.7 Å². The van der Waals surface area contributed by atoms with Crippen molar-refractivity contribution in [3.8, 4) is 5.75 Å². The lowest BCUT2D eigenvalue weighted by molar-refractivity contribution is -0.230. The van der Waals surface area contributed by atoms with E-state index in [0.717, 1.165) is 38.5 Å². The standard InChI is InChI=1S/C24H38O8P/c1-4-7-15-27-21-20(18-30-33(26)32-19-13-11-10-12-14-19)31-24(25)23(29-17-9-6-3)22(21)28-16-8-5-2/h10-14,20-23H,4-9,15-18H2,1-3H3/q+1/t20?,21-,22+,23?/m1/s1. The third-order valence-electron chi connectivity index (χ3n) is 5.17. The molecule has 1 saturated heterocycles. The van der Waals surface area contributed by atoms with Crippen LogP contribution in [0.25, 0.3) is 0 Å². The molecule has 1 aromatic rings. The maximum Gasteiger partial charge on any atom is 0.750 e. The number of rotatable bonds is 17. The minimum Gasteiger partial charge on any atom is -0.455 e. The zero-order chi connectivity index (χ0) is 23.9. The van der Waals surface area contributed by atoms with Crippen LogP contribution in [0.4, 0.5) is 0 Å². The maximum absolute atomic E-state index is 12.8. The normalized spacial score (nSPS) is 23.2. The highest BCUT2D eigenvalue weighted by atomic mass is 31.1. The Morgan fingerprint density at radius 1 is 0.848 bits per heavy atom. The lowest BCUT2D eigenvalue weighted by atomic mass is 9.99. The van der Waals surface area contributed by atoms with Gasteiger partial charge in [0, 0.05) is 24.4 Å². The SMILES string of the molecule is CCCCOC1C(=O)OC(CO[P+](=O)Oc2ccccc2)[C@@H](OCCCC)[C@@H]1OCCCC. The summed E-state index contributed by atoms with van der Waals surface area (Å²) in [6.07, 6.45) is 2.52. The summed E-state index contributed by atoms with van der Waals surface area (Å²) in [6.45, 7) is 7.46. The van der Waals surface area contributed by atoms with Gasteiger partial charge in [0.25, 0.3) is 0 Å². The first-order valence-electron chi connectivity index (χ1n) is 12.0. The number of para-hydroxylation sites is 1. The largest absolute Gasteiger partial charge is 0.750 e. The van der Waals surface area contributed by atoms with Crippen LogP contribution in [-0.4, -0.2) is 56.8 Å². The molecule has 1 heterocycles. The average molecular weight is 486 g/mol. The number of esters is 1. The Morgan fingerprint density at radius 2 is 1.42 bits per heavy atom. The van der Waals surface area contributed by atoms with Crippen molar-refractivity contribution in [1.29, 1.82) is 0 Å². The average Bonchev–Trinajstić information content (AvgIpc) is 2.81. The van der Waals surface area contributed by atoms with Crippen molar-refractivity contribution >= 4 is 14.2 Å². The lowest BCUT2D eigenvalue weighted by Crippen LogP contribution is -2.59. The number of hydrogen-bond donors (Lipinski definition) is 0. The van der Waals surface area contributed by atoms with E-state index < -0.39 is 38.6 Å². The van der Waals surface area contributed by atoms with Crippen LogP contribution in [0.3, 0.4) is 0 Å². The molecule has 0 aliphatic carbocycles. The van der Waals surface area contributed by atoms with E-state index in [2.05, 4.69) is 20.8 Å². The van der Waals surface area contributed by atoms with E-state index in [0.29, 0.717) is 25.6 Å². The summed E-state index contributed by atoms with van der Waals surface area (Å²) in [4.78, 5) is 12.8. The molecular formula is C24H38O8P+. The van der Waals surface area contributed by atoms with Crippen molar-refractivity contribution in [3.63, 3.8) is 0 Å². The smallest absolute Gasteiger partial charge is 0.455 e. The molecule has 0 aromatic heterocycles. The summed E-state index contributed by atoms with van der Waals surface area (Å²) in [7, 11) is -2.45. The number of unbranched alkanes of at least 4 members (excludes halogenated alkanes) is 3. The third kappa shape index (κ3) is 9.67. The van der Waals surface area contributed by atoms with E-state index in [4.69, 9.17) is 28.0 Å². The van der Waals surface area contributed by atoms with Crippen LogP contribution >= 0.6 is 8.25 Å². The fourth-order valence-electron chi connectivity index (χ4n) is 3.29. The quantitative estimate of drug-likeness (QED) is 0.169. The van der Waals surface area contributed by atoms with E-state index >= 15 is 0 Å². The monoisotopic (exact) mass is 485 g/mol. The van der Waals surface area contributed by atoms with Gasteiger partial charge >= 0.3 is 14.2 Å². The minimum absolute atomic E-state index is 0.139. The molecule has 33 heavy (non-hydrogen) atoms. The zero-order valence-corrected chi connectivity index (χ0v) is 20.9. The van der Waals surface area contributed by atoms with Gasteiger partial charge in [0.2, 0.25) is 0 Å². The third-order valence-corrected chi connectivity index (χ3v) is 5.89. The molecule has 186 valence electrons. The summed E-state index contributed by atoms with van der Waals surface area (Å²) in [6, 6.07) is 8.75. The van der Waals surface area contributed by atoms with Crippen LogP contribution in [0.2, 0.25) is 0 Å². The van der Waals surface area contributed by atoms with Crippen LogP contribution in [-0.2, 0) is 32.8 Å². The summed E-state index contributed by atoms with van der Waals surface area (Å²) in [5.74, 6) is -0.0871. The van der Waals surface area contributed by atoms with Crippen molar-refractivity contribution in [2.75, 3.05) is 26.4 Å². The van der Waals surface area contributed by atoms with Gasteiger partial charge in [0.05, 0.1) is 0 Å². The van der Waals surface area contributed by atoms with Gasteiger partial charge in [-0.25, -0.2) is 9.32 Å². The van der Waals surface area contributed by atoms with E-state index in [-0.39, 0.29) is 6.61 Å². The number of benzene rings is 1. The molecule has 1 aliphatic rings. The lowest BCUT2D eigenvalue weighted by Gasteiger charge is -2.40. The Labute approximate surface area is 198 Å². The molecule has 1 aromatic carbocycles. The highest BCUT2D eigenvalue weighted by Gasteiger charge is 2.49. The van der Waals surface area contributed by atoms with Crippen molar-refractivity contribution in [3.05, 3.63) is 30.3 Å². The maximum atomic E-state index is 12.8. The molecule has 2 rings (SSSR count). The van der Waals surface area contributed by atoms with Gasteiger partial charge in [0.15, 0.2) is 18.0 Å². The predicted molar refractivity (Wildman–Crippen MR) is 124 cm³/mol. The first-order valence-corrected chi connectivity index (χ1v) is 13.1. The molecule has 3 unspecified atom stereocenters. The molecule has 5 atom stereocenters. The summed E-state index contributed by atoms with van der Waals surface area (Å²) in [5.41, 5.74) is 0. The fourth-order valence-corrected chi connectivity index (χ4v) is 3.90. The highest BCUT2D eigenvalue weighted by molar-refractivity contribution is 7.33. The van der Waals surface area contributed by atoms with E-state index in [1.54, 1.807) is 24.3 Å². The van der Waals surface area contributed by atoms with Gasteiger partial charge < -0.3 is 18.9 Å². The van der Waals surface area contributed by atoms with Crippen molar-refractivity contribution in [1.82, 2.24) is 0 Å². The summed E-state index contributed by atoms with van der Waals surface area (Å²) < 4.78 is 46.7. The second-order valence-electron chi connectivity index (χ2n) is 7.92. The zero-order valence-electron chi connectivity index (χ0n) is 20.0. The summed E-state index contributed by atoms with van der Waals surface area (Å²) >= 11 is 0. The van der Waals surface area contributed by atoms with Gasteiger partial charge in [-0.2, -0.15) is 0 Å². The van der Waals surface area contributed by atoms with Gasteiger partial charge in [0.1, 0.15) is 18.8 Å². The van der Waals surface area contributed by atoms with E-state index in [9.17, 15) is 9.36 Å². The number of carbonyl (C=O) groups is 1.